The van der Waals surface area contributed by atoms with Gasteiger partial charge in [0, 0.05) is 7.05 Å². The minimum atomic E-state index is -0.571. The van der Waals surface area contributed by atoms with Crippen LogP contribution >= 0.6 is 0 Å². The number of hydrogen-bond donors (Lipinski definition) is 0. The molecule has 0 aliphatic carbocycles. The van der Waals surface area contributed by atoms with Crippen LogP contribution in [0.25, 0.3) is 0 Å². The Bertz CT molecular complexity index is 205. The van der Waals surface area contributed by atoms with Crippen LogP contribution in [-0.4, -0.2) is 50.3 Å². The minimum absolute atomic E-state index is 0.0412. The van der Waals surface area contributed by atoms with Crippen molar-refractivity contribution >= 4 is 6.09 Å². The SMILES string of the molecule is CN(OCCOCCF)C(=O)OC(C)(C)C. The van der Waals surface area contributed by atoms with Crippen molar-refractivity contribution in [1.29, 1.82) is 0 Å². The van der Waals surface area contributed by atoms with Crippen LogP contribution in [0.5, 0.6) is 0 Å². The average molecular weight is 237 g/mol. The first kappa shape index (κ1) is 15.1. The van der Waals surface area contributed by atoms with Gasteiger partial charge in [-0.1, -0.05) is 0 Å². The number of carbonyl (C=O) groups excluding carboxylic acids is 1. The first-order chi connectivity index (χ1) is 7.37. The van der Waals surface area contributed by atoms with Crippen LogP contribution in [0.3, 0.4) is 0 Å². The van der Waals surface area contributed by atoms with Crippen LogP contribution in [0, 0.1) is 0 Å². The van der Waals surface area contributed by atoms with E-state index in [1.54, 1.807) is 20.8 Å². The number of hydroxylamine groups is 2. The van der Waals surface area contributed by atoms with Crippen molar-refractivity contribution in [2.75, 3.05) is 33.5 Å². The fourth-order valence-corrected chi connectivity index (χ4v) is 0.769. The molecule has 16 heavy (non-hydrogen) atoms. The monoisotopic (exact) mass is 237 g/mol. The molecule has 0 atom stereocenters. The lowest BCUT2D eigenvalue weighted by Crippen LogP contribution is -2.35. The number of alkyl halides is 1. The van der Waals surface area contributed by atoms with E-state index in [2.05, 4.69) is 0 Å². The van der Waals surface area contributed by atoms with Crippen molar-refractivity contribution in [3.63, 3.8) is 0 Å². The van der Waals surface area contributed by atoms with Crippen molar-refractivity contribution in [1.82, 2.24) is 5.06 Å². The lowest BCUT2D eigenvalue weighted by molar-refractivity contribution is -0.142. The fourth-order valence-electron chi connectivity index (χ4n) is 0.769. The van der Waals surface area contributed by atoms with Crippen molar-refractivity contribution in [3.8, 4) is 0 Å². The smallest absolute Gasteiger partial charge is 0.434 e. The number of amides is 1. The van der Waals surface area contributed by atoms with E-state index in [4.69, 9.17) is 14.3 Å². The molecular formula is C10H20FNO4. The van der Waals surface area contributed by atoms with Crippen molar-refractivity contribution in [3.05, 3.63) is 0 Å². The Balaban J connectivity index is 3.64. The van der Waals surface area contributed by atoms with Crippen molar-refractivity contribution in [2.24, 2.45) is 0 Å². The van der Waals surface area contributed by atoms with Gasteiger partial charge in [-0.05, 0) is 20.8 Å². The Hall–Kier alpha value is -0.880. The van der Waals surface area contributed by atoms with Gasteiger partial charge in [0.05, 0.1) is 19.8 Å². The van der Waals surface area contributed by atoms with E-state index in [0.29, 0.717) is 0 Å². The number of hydrogen-bond acceptors (Lipinski definition) is 4. The quantitative estimate of drug-likeness (QED) is 0.522. The molecule has 0 rings (SSSR count). The van der Waals surface area contributed by atoms with Gasteiger partial charge in [-0.3, -0.25) is 4.84 Å². The molecule has 6 heteroatoms. The third-order valence-electron chi connectivity index (χ3n) is 1.38. The van der Waals surface area contributed by atoms with Crippen molar-refractivity contribution in [2.45, 2.75) is 26.4 Å². The van der Waals surface area contributed by atoms with E-state index in [9.17, 15) is 9.18 Å². The first-order valence-electron chi connectivity index (χ1n) is 5.10. The van der Waals surface area contributed by atoms with Crippen LogP contribution in [0.1, 0.15) is 20.8 Å². The van der Waals surface area contributed by atoms with Gasteiger partial charge in [0.2, 0.25) is 0 Å². The molecule has 0 aliphatic rings. The number of halogens is 1. The molecule has 0 fully saturated rings. The van der Waals surface area contributed by atoms with Gasteiger partial charge in [0.1, 0.15) is 12.3 Å². The molecule has 0 bridgehead atoms. The number of nitrogens with zero attached hydrogens (tertiary/aromatic N) is 1. The summed E-state index contributed by atoms with van der Waals surface area (Å²) >= 11 is 0. The third kappa shape index (κ3) is 8.43. The maximum absolute atomic E-state index is 11.6. The maximum atomic E-state index is 11.6. The van der Waals surface area contributed by atoms with E-state index in [1.807, 2.05) is 0 Å². The highest BCUT2D eigenvalue weighted by atomic mass is 19.1. The molecule has 5 nitrogen and oxygen atoms in total. The van der Waals surface area contributed by atoms with Gasteiger partial charge in [-0.15, -0.1) is 0 Å². The second-order valence-electron chi connectivity index (χ2n) is 4.11. The zero-order valence-electron chi connectivity index (χ0n) is 10.3. The van der Waals surface area contributed by atoms with Gasteiger partial charge in [0.25, 0.3) is 0 Å². The predicted molar refractivity (Wildman–Crippen MR) is 56.7 cm³/mol. The summed E-state index contributed by atoms with van der Waals surface area (Å²) in [6.45, 7) is 5.23. The van der Waals surface area contributed by atoms with E-state index >= 15 is 0 Å². The molecule has 0 unspecified atom stereocenters. The summed E-state index contributed by atoms with van der Waals surface area (Å²) in [5.74, 6) is 0. The molecule has 0 aromatic carbocycles. The summed E-state index contributed by atoms with van der Waals surface area (Å²) in [5, 5.41) is 0.990. The summed E-state index contributed by atoms with van der Waals surface area (Å²) in [6, 6.07) is 0. The predicted octanol–water partition coefficient (Wildman–Crippen LogP) is 1.77. The summed E-state index contributed by atoms with van der Waals surface area (Å²) < 4.78 is 21.5. The topological polar surface area (TPSA) is 48.0 Å². The third-order valence-corrected chi connectivity index (χ3v) is 1.38. The van der Waals surface area contributed by atoms with Gasteiger partial charge in [-0.25, -0.2) is 9.18 Å². The summed E-state index contributed by atoms with van der Waals surface area (Å²) in [7, 11) is 1.45. The highest BCUT2D eigenvalue weighted by molar-refractivity contribution is 5.66. The minimum Gasteiger partial charge on any atom is -0.442 e. The summed E-state index contributed by atoms with van der Waals surface area (Å²) in [6.07, 6.45) is -0.571. The molecule has 0 radical (unpaired) electrons. The van der Waals surface area contributed by atoms with Crippen LogP contribution in [0.4, 0.5) is 9.18 Å². The largest absolute Gasteiger partial charge is 0.442 e. The van der Waals surface area contributed by atoms with E-state index in [1.165, 1.54) is 7.05 Å². The van der Waals surface area contributed by atoms with E-state index < -0.39 is 18.4 Å². The summed E-state index contributed by atoms with van der Waals surface area (Å²) in [5.41, 5.74) is -0.556. The average Bonchev–Trinajstić information content (AvgIpc) is 2.14. The fraction of sp³-hybridized carbons (Fsp3) is 0.900. The van der Waals surface area contributed by atoms with Gasteiger partial charge >= 0.3 is 6.09 Å². The molecule has 0 heterocycles. The van der Waals surface area contributed by atoms with Gasteiger partial charge in [-0.2, -0.15) is 5.06 Å². The Morgan fingerprint density at radius 1 is 1.25 bits per heavy atom. The molecule has 0 saturated carbocycles. The number of carbonyl (C=O) groups is 1. The second-order valence-corrected chi connectivity index (χ2v) is 4.11. The molecular weight excluding hydrogens is 217 g/mol. The molecule has 0 N–H and O–H groups in total. The highest BCUT2D eigenvalue weighted by Gasteiger charge is 2.19. The van der Waals surface area contributed by atoms with Gasteiger partial charge < -0.3 is 9.47 Å². The van der Waals surface area contributed by atoms with Crippen LogP contribution < -0.4 is 0 Å². The highest BCUT2D eigenvalue weighted by Crippen LogP contribution is 2.08. The molecule has 0 aliphatic heterocycles. The zero-order chi connectivity index (χ0) is 12.6. The Labute approximate surface area is 95.4 Å². The molecule has 96 valence electrons. The lowest BCUT2D eigenvalue weighted by atomic mass is 10.2. The van der Waals surface area contributed by atoms with E-state index in [-0.39, 0.29) is 19.8 Å². The standard InChI is InChI=1S/C10H20FNO4/c1-10(2,3)16-9(13)12(4)15-8-7-14-6-5-11/h5-8H2,1-4H3. The zero-order valence-corrected chi connectivity index (χ0v) is 10.3. The summed E-state index contributed by atoms with van der Waals surface area (Å²) in [4.78, 5) is 16.4. The molecule has 0 aromatic heterocycles. The molecule has 0 spiro atoms. The van der Waals surface area contributed by atoms with Crippen LogP contribution in [0.15, 0.2) is 0 Å². The van der Waals surface area contributed by atoms with Crippen LogP contribution in [-0.2, 0) is 14.3 Å². The Morgan fingerprint density at radius 3 is 2.38 bits per heavy atom. The van der Waals surface area contributed by atoms with Gasteiger partial charge in [0.15, 0.2) is 0 Å². The van der Waals surface area contributed by atoms with E-state index in [0.717, 1.165) is 5.06 Å². The molecule has 1 amide bonds. The molecule has 0 saturated heterocycles. The second kappa shape index (κ2) is 7.40. The lowest BCUT2D eigenvalue weighted by Gasteiger charge is -2.23. The number of ether oxygens (including phenoxy) is 2. The van der Waals surface area contributed by atoms with Crippen molar-refractivity contribution < 1.29 is 23.5 Å². The number of rotatable bonds is 6. The molecule has 0 aromatic rings. The Kier molecular flexibility index (Phi) is 7.00. The Morgan fingerprint density at radius 2 is 1.88 bits per heavy atom. The van der Waals surface area contributed by atoms with Crippen LogP contribution in [0.2, 0.25) is 0 Å². The normalized spacial score (nSPS) is 11.3. The first-order valence-corrected chi connectivity index (χ1v) is 5.10. The maximum Gasteiger partial charge on any atom is 0.434 e.